The van der Waals surface area contributed by atoms with E-state index in [1.807, 2.05) is 24.3 Å². The maximum Gasteiger partial charge on any atom is 0.303 e. The lowest BCUT2D eigenvalue weighted by Crippen LogP contribution is -2.24. The van der Waals surface area contributed by atoms with Gasteiger partial charge < -0.3 is 10.2 Å². The molecule has 2 N–H and O–H groups in total. The first-order valence-corrected chi connectivity index (χ1v) is 6.75. The van der Waals surface area contributed by atoms with E-state index in [0.29, 0.717) is 17.7 Å². The highest BCUT2D eigenvalue weighted by Gasteiger charge is 2.30. The smallest absolute Gasteiger partial charge is 0.303 e. The average molecular weight is 265 g/mol. The number of hydrogen-bond acceptors (Lipinski definition) is 4. The normalized spacial score (nSPS) is 17.6. The summed E-state index contributed by atoms with van der Waals surface area (Å²) in [5, 5.41) is 0. The maximum absolute atomic E-state index is 5.89. The van der Waals surface area contributed by atoms with E-state index < -0.39 is 0 Å². The largest absolute Gasteiger partial charge is 0.423 e. The van der Waals surface area contributed by atoms with Gasteiger partial charge in [-0.15, -0.1) is 0 Å². The van der Waals surface area contributed by atoms with Crippen LogP contribution in [0.1, 0.15) is 12.5 Å². The molecule has 1 aliphatic heterocycles. The molecule has 4 rings (SSSR count). The number of hydrogen-bond donors (Lipinski definition) is 1. The minimum atomic E-state index is 0.345. The van der Waals surface area contributed by atoms with Gasteiger partial charge in [0, 0.05) is 17.4 Å². The Labute approximate surface area is 116 Å². The second-order valence-electron chi connectivity index (χ2n) is 5.28. The molecule has 4 heteroatoms. The second-order valence-corrected chi connectivity index (χ2v) is 5.28. The van der Waals surface area contributed by atoms with Gasteiger partial charge in [0.05, 0.1) is 0 Å². The van der Waals surface area contributed by atoms with Crippen LogP contribution in [-0.2, 0) is 6.42 Å². The quantitative estimate of drug-likeness (QED) is 0.684. The Morgan fingerprint density at radius 3 is 3.00 bits per heavy atom. The van der Waals surface area contributed by atoms with Crippen LogP contribution < -0.4 is 10.6 Å². The van der Waals surface area contributed by atoms with Gasteiger partial charge in [-0.1, -0.05) is 18.2 Å². The molecule has 0 bridgehead atoms. The summed E-state index contributed by atoms with van der Waals surface area (Å²) in [6.45, 7) is 2.18. The second kappa shape index (κ2) is 4.00. The lowest BCUT2D eigenvalue weighted by atomic mass is 10.1. The van der Waals surface area contributed by atoms with Crippen molar-refractivity contribution in [1.29, 1.82) is 0 Å². The van der Waals surface area contributed by atoms with Crippen LogP contribution in [0.5, 0.6) is 0 Å². The number of nitrogen functional groups attached to an aromatic ring is 1. The molecule has 0 amide bonds. The molecular weight excluding hydrogens is 250 g/mol. The van der Waals surface area contributed by atoms with Crippen molar-refractivity contribution in [2.75, 3.05) is 10.6 Å². The molecule has 1 aliphatic rings. The summed E-state index contributed by atoms with van der Waals surface area (Å²) in [7, 11) is 0. The van der Waals surface area contributed by atoms with E-state index in [9.17, 15) is 0 Å². The summed E-state index contributed by atoms with van der Waals surface area (Å²) in [6, 6.07) is 14.9. The van der Waals surface area contributed by atoms with Gasteiger partial charge in [-0.05, 0) is 43.2 Å². The molecule has 1 aromatic heterocycles. The number of anilines is 3. The fourth-order valence-electron chi connectivity index (χ4n) is 2.89. The Morgan fingerprint density at radius 2 is 2.10 bits per heavy atom. The average Bonchev–Trinajstić information content (AvgIpc) is 2.97. The third kappa shape index (κ3) is 1.58. The molecule has 20 heavy (non-hydrogen) atoms. The molecular formula is C16H15N3O. The molecule has 0 fully saturated rings. The first-order chi connectivity index (χ1) is 9.72. The Hall–Kier alpha value is -2.49. The number of oxazole rings is 1. The van der Waals surface area contributed by atoms with Crippen LogP contribution in [-0.4, -0.2) is 11.0 Å². The van der Waals surface area contributed by atoms with Crippen LogP contribution in [0.4, 0.5) is 17.4 Å². The number of nitrogens with zero attached hydrogens (tertiary/aromatic N) is 2. The van der Waals surface area contributed by atoms with Crippen molar-refractivity contribution >= 4 is 28.5 Å². The Kier molecular flexibility index (Phi) is 2.27. The highest BCUT2D eigenvalue weighted by Crippen LogP contribution is 2.38. The van der Waals surface area contributed by atoms with Crippen LogP contribution in [0.2, 0.25) is 0 Å². The van der Waals surface area contributed by atoms with Crippen LogP contribution in [0.3, 0.4) is 0 Å². The molecule has 0 spiro atoms. The SMILES string of the molecule is CC1Cc2ccccc2N1c1nc2cc(N)ccc2o1. The number of aromatic nitrogens is 1. The minimum absolute atomic E-state index is 0.345. The van der Waals surface area contributed by atoms with Gasteiger partial charge in [-0.25, -0.2) is 0 Å². The van der Waals surface area contributed by atoms with Crippen molar-refractivity contribution < 1.29 is 4.42 Å². The maximum atomic E-state index is 5.89. The lowest BCUT2D eigenvalue weighted by Gasteiger charge is -2.19. The third-order valence-corrected chi connectivity index (χ3v) is 3.81. The summed E-state index contributed by atoms with van der Waals surface area (Å²) in [5.74, 6) is 0. The van der Waals surface area contributed by atoms with E-state index in [1.165, 1.54) is 11.3 Å². The van der Waals surface area contributed by atoms with Crippen molar-refractivity contribution in [3.8, 4) is 0 Å². The molecule has 0 radical (unpaired) electrons. The number of rotatable bonds is 1. The molecule has 4 nitrogen and oxygen atoms in total. The summed E-state index contributed by atoms with van der Waals surface area (Å²) in [6.07, 6.45) is 1.01. The van der Waals surface area contributed by atoms with Gasteiger partial charge in [-0.3, -0.25) is 4.90 Å². The molecule has 2 heterocycles. The third-order valence-electron chi connectivity index (χ3n) is 3.81. The predicted octanol–water partition coefficient (Wildman–Crippen LogP) is 3.49. The van der Waals surface area contributed by atoms with Crippen LogP contribution in [0.15, 0.2) is 46.9 Å². The van der Waals surface area contributed by atoms with Crippen molar-refractivity contribution in [1.82, 2.24) is 4.98 Å². The zero-order chi connectivity index (χ0) is 13.7. The highest BCUT2D eigenvalue weighted by molar-refractivity contribution is 5.80. The van der Waals surface area contributed by atoms with E-state index in [1.54, 1.807) is 0 Å². The first-order valence-electron chi connectivity index (χ1n) is 6.75. The fourth-order valence-corrected chi connectivity index (χ4v) is 2.89. The van der Waals surface area contributed by atoms with Crippen molar-refractivity contribution in [3.63, 3.8) is 0 Å². The lowest BCUT2D eigenvalue weighted by molar-refractivity contribution is 0.573. The van der Waals surface area contributed by atoms with Gasteiger partial charge in [0.15, 0.2) is 5.58 Å². The van der Waals surface area contributed by atoms with E-state index in [-0.39, 0.29) is 0 Å². The van der Waals surface area contributed by atoms with E-state index >= 15 is 0 Å². The van der Waals surface area contributed by atoms with Crippen molar-refractivity contribution in [2.24, 2.45) is 0 Å². The topological polar surface area (TPSA) is 55.3 Å². The monoisotopic (exact) mass is 265 g/mol. The number of nitrogens with two attached hydrogens (primary N) is 1. The van der Waals surface area contributed by atoms with Crippen LogP contribution in [0.25, 0.3) is 11.1 Å². The molecule has 0 saturated carbocycles. The van der Waals surface area contributed by atoms with Gasteiger partial charge >= 0.3 is 6.01 Å². The van der Waals surface area contributed by atoms with Crippen molar-refractivity contribution in [2.45, 2.75) is 19.4 Å². The zero-order valence-corrected chi connectivity index (χ0v) is 11.2. The minimum Gasteiger partial charge on any atom is -0.423 e. The van der Waals surface area contributed by atoms with Crippen molar-refractivity contribution in [3.05, 3.63) is 48.0 Å². The molecule has 1 atom stereocenters. The molecule has 0 aliphatic carbocycles. The first kappa shape index (κ1) is 11.3. The van der Waals surface area contributed by atoms with E-state index in [4.69, 9.17) is 10.2 Å². The molecule has 1 unspecified atom stereocenters. The summed E-state index contributed by atoms with van der Waals surface area (Å²) in [5.41, 5.74) is 10.6. The number of para-hydroxylation sites is 1. The van der Waals surface area contributed by atoms with E-state index in [0.717, 1.165) is 17.5 Å². The molecule has 100 valence electrons. The van der Waals surface area contributed by atoms with Crippen LogP contribution in [0, 0.1) is 0 Å². The number of fused-ring (bicyclic) bond motifs is 2. The Bertz CT molecular complexity index is 793. The van der Waals surface area contributed by atoms with Gasteiger partial charge in [0.1, 0.15) is 5.52 Å². The Morgan fingerprint density at radius 1 is 1.25 bits per heavy atom. The van der Waals surface area contributed by atoms with E-state index in [2.05, 4.69) is 35.0 Å². The highest BCUT2D eigenvalue weighted by atomic mass is 16.4. The fraction of sp³-hybridized carbons (Fsp3) is 0.188. The van der Waals surface area contributed by atoms with Gasteiger partial charge in [0.25, 0.3) is 0 Å². The zero-order valence-electron chi connectivity index (χ0n) is 11.2. The van der Waals surface area contributed by atoms with Crippen LogP contribution >= 0.6 is 0 Å². The predicted molar refractivity (Wildman–Crippen MR) is 80.2 cm³/mol. The summed E-state index contributed by atoms with van der Waals surface area (Å²) in [4.78, 5) is 6.74. The Balaban J connectivity index is 1.86. The molecule has 2 aromatic carbocycles. The van der Waals surface area contributed by atoms with Gasteiger partial charge in [0.2, 0.25) is 0 Å². The summed E-state index contributed by atoms with van der Waals surface area (Å²) < 4.78 is 5.89. The number of benzene rings is 2. The standard InChI is InChI=1S/C16H15N3O/c1-10-8-11-4-2-3-5-14(11)19(10)16-18-13-9-12(17)6-7-15(13)20-16/h2-7,9-10H,8,17H2,1H3. The molecule has 0 saturated heterocycles. The summed E-state index contributed by atoms with van der Waals surface area (Å²) >= 11 is 0. The van der Waals surface area contributed by atoms with Gasteiger partial charge in [-0.2, -0.15) is 4.98 Å². The molecule has 3 aromatic rings.